The summed E-state index contributed by atoms with van der Waals surface area (Å²) in [6, 6.07) is 28.1. The van der Waals surface area contributed by atoms with Crippen molar-refractivity contribution in [2.45, 2.75) is 213 Å². The van der Waals surface area contributed by atoms with Crippen LogP contribution < -0.4 is 0 Å². The summed E-state index contributed by atoms with van der Waals surface area (Å²) in [6.45, 7) is 19.8. The van der Waals surface area contributed by atoms with Crippen LogP contribution in [0, 0.1) is 29.6 Å². The summed E-state index contributed by atoms with van der Waals surface area (Å²) in [5.41, 5.74) is 12.9. The highest BCUT2D eigenvalue weighted by atomic mass is 16.8. The predicted molar refractivity (Wildman–Crippen MR) is 306 cm³/mol. The van der Waals surface area contributed by atoms with Gasteiger partial charge >= 0.3 is 24.0 Å². The summed E-state index contributed by atoms with van der Waals surface area (Å²) in [7, 11) is 1.23. The number of methoxy groups -OCH3 is 1. The molecule has 0 N–H and O–H groups in total. The molecule has 8 unspecified atom stereocenters. The second-order valence-corrected chi connectivity index (χ2v) is 22.6. The van der Waals surface area contributed by atoms with Crippen molar-refractivity contribution in [2.24, 2.45) is 34.7 Å². The molecule has 0 radical (unpaired) electrons. The maximum Gasteiger partial charge on any atom is 0.410 e. The van der Waals surface area contributed by atoms with Crippen molar-refractivity contribution in [2.75, 3.05) is 20.3 Å². The van der Waals surface area contributed by atoms with Crippen molar-refractivity contribution in [1.82, 2.24) is 4.90 Å². The Morgan fingerprint density at radius 1 is 0.560 bits per heavy atom. The summed E-state index contributed by atoms with van der Waals surface area (Å²) in [4.78, 5) is 57.8. The average Bonchev–Trinajstić information content (AvgIpc) is 2.17. The number of nitrogens with zero attached hydrogens (tertiary/aromatic N) is 4. The molecule has 4 fully saturated rings. The van der Waals surface area contributed by atoms with Crippen LogP contribution in [-0.2, 0) is 95.7 Å². The molecule has 4 aliphatic heterocycles. The Morgan fingerprint density at radius 3 is 1.69 bits per heavy atom. The van der Waals surface area contributed by atoms with E-state index in [-0.39, 0.29) is 43.2 Å². The van der Waals surface area contributed by atoms with E-state index in [2.05, 4.69) is 10.0 Å². The van der Waals surface area contributed by atoms with Gasteiger partial charge in [0.05, 0.1) is 50.3 Å². The van der Waals surface area contributed by atoms with Crippen LogP contribution >= 0.6 is 0 Å². The first-order chi connectivity index (χ1) is 40.5. The molecule has 0 aliphatic carbocycles. The second-order valence-electron chi connectivity index (χ2n) is 22.6. The zero-order valence-electron chi connectivity index (χ0n) is 50.5. The molecule has 20 atom stereocenters. The highest BCUT2D eigenvalue weighted by Crippen LogP contribution is 2.42. The fourth-order valence-electron chi connectivity index (χ4n) is 11.6. The van der Waals surface area contributed by atoms with Gasteiger partial charge in [-0.15, -0.1) is 0 Å². The first kappa shape index (κ1) is 65.8. The Labute approximate surface area is 494 Å². The van der Waals surface area contributed by atoms with Gasteiger partial charge in [-0.25, -0.2) is 9.59 Å². The van der Waals surface area contributed by atoms with Gasteiger partial charge in [-0.2, -0.15) is 0 Å². The fourth-order valence-corrected chi connectivity index (χ4v) is 11.6. The lowest BCUT2D eigenvalue weighted by molar-refractivity contribution is -0.360. The molecule has 0 spiro atoms. The first-order valence-corrected chi connectivity index (χ1v) is 29.8. The van der Waals surface area contributed by atoms with Crippen molar-refractivity contribution in [3.05, 3.63) is 118 Å². The lowest BCUT2D eigenvalue weighted by atomic mass is 9.83. The van der Waals surface area contributed by atoms with Gasteiger partial charge in [-0.3, -0.25) is 9.59 Å². The zero-order valence-corrected chi connectivity index (χ0v) is 50.5. The molecule has 1 amide bonds. The smallest absolute Gasteiger partial charge is 0.410 e. The van der Waals surface area contributed by atoms with Crippen molar-refractivity contribution >= 4 is 24.0 Å². The predicted octanol–water partition coefficient (Wildman–Crippen LogP) is 10.4. The number of rotatable bonds is 26. The van der Waals surface area contributed by atoms with Gasteiger partial charge < -0.3 is 66.5 Å². The van der Waals surface area contributed by atoms with Gasteiger partial charge in [0.15, 0.2) is 43.5 Å². The monoisotopic (exact) mass is 1170 g/mol. The minimum atomic E-state index is -1.43. The van der Waals surface area contributed by atoms with E-state index in [1.165, 1.54) is 21.0 Å². The van der Waals surface area contributed by atoms with Crippen LogP contribution in [0.4, 0.5) is 4.79 Å². The van der Waals surface area contributed by atoms with E-state index in [0.717, 1.165) is 36.0 Å². The third-order valence-corrected chi connectivity index (χ3v) is 16.8. The normalized spacial score (nSPS) is 33.2. The molecule has 7 rings (SSSR count). The molecule has 3 aromatic rings. The molecule has 0 aromatic heterocycles. The van der Waals surface area contributed by atoms with Crippen LogP contribution in [0.15, 0.2) is 96.1 Å². The Bertz CT molecular complexity index is 2560. The standard InChI is InChI=1S/C63H88N4O17/c1-12-48-51(37(3)38(4)59(79-48)73-33-25-17-24-32-67(34-45-26-18-14-19-27-45)63(71)75-36-47-30-22-16-23-31-47)81-61-55(77-43(9)68)41(7)54(56(84-61)58(70)72-11)83-60-50(65-66-64)40(6)52(49(13-2)80-60)82-62-57(78-44(10)69)53(39(5)42(8)76-62)74-35-46-28-20-15-21-29-46/h14-16,18-23,26-31,37-42,48-57,59-62H,12-13,17,24-25,32-36H2,1-11H3/t37-,38?,39-,40-,41+,42?,48?,49?,50?,51+,52+,53-,54+,55?,56?,57?,59+,60-,61-,62+/m1/s1. The number of esters is 3. The molecule has 84 heavy (non-hydrogen) atoms. The number of amides is 1. The third kappa shape index (κ3) is 17.3. The SMILES string of the molecule is CCC1O[C@H](OCCCCCN(Cc2ccccc2)C(=O)OCc2ccccc2)C(C)[C@@H](C)[C@@H]1O[C@@H]1OC(C(=O)OC)[C@@H](O[C@H]2OC(CC)[C@@H](O[C@@H]3OC(C)[C@@H](C)[C@@H](OCc4ccccc4)C3OC(C)=O)[C@H](C)C2N=[N+]=[N-])[C@H](C)C1OC(C)=O. The van der Waals surface area contributed by atoms with E-state index in [9.17, 15) is 24.7 Å². The van der Waals surface area contributed by atoms with E-state index in [4.69, 9.17) is 61.6 Å². The van der Waals surface area contributed by atoms with Gasteiger partial charge in [-0.1, -0.05) is 145 Å². The van der Waals surface area contributed by atoms with Crippen molar-refractivity contribution in [1.29, 1.82) is 0 Å². The molecule has 4 aliphatic rings. The molecule has 0 bridgehead atoms. The topological polar surface area (TPSA) is 240 Å². The largest absolute Gasteiger partial charge is 0.467 e. The highest BCUT2D eigenvalue weighted by molar-refractivity contribution is 5.75. The van der Waals surface area contributed by atoms with Gasteiger partial charge in [0.25, 0.3) is 0 Å². The van der Waals surface area contributed by atoms with Crippen LogP contribution in [0.3, 0.4) is 0 Å². The molecule has 4 heterocycles. The Balaban J connectivity index is 0.993. The molecule has 0 saturated carbocycles. The van der Waals surface area contributed by atoms with Crippen LogP contribution in [-0.4, -0.2) is 141 Å². The minimum Gasteiger partial charge on any atom is -0.467 e. The van der Waals surface area contributed by atoms with E-state index in [1.54, 1.807) is 11.8 Å². The number of ether oxygens (including phenoxy) is 13. The van der Waals surface area contributed by atoms with Crippen LogP contribution in [0.2, 0.25) is 0 Å². The average molecular weight is 1170 g/mol. The third-order valence-electron chi connectivity index (χ3n) is 16.8. The number of hydrogen-bond donors (Lipinski definition) is 0. The first-order valence-electron chi connectivity index (χ1n) is 29.8. The van der Waals surface area contributed by atoms with Crippen molar-refractivity contribution in [3.8, 4) is 0 Å². The number of azide groups is 1. The van der Waals surface area contributed by atoms with Gasteiger partial charge in [0.1, 0.15) is 18.8 Å². The molecule has 462 valence electrons. The number of unbranched alkanes of at least 4 members (excludes halogenated alkanes) is 2. The van der Waals surface area contributed by atoms with Crippen molar-refractivity contribution < 1.29 is 80.8 Å². The highest BCUT2D eigenvalue weighted by Gasteiger charge is 2.56. The summed E-state index contributed by atoms with van der Waals surface area (Å²) in [5.74, 6) is -3.90. The van der Waals surface area contributed by atoms with Crippen LogP contribution in [0.25, 0.3) is 10.4 Å². The summed E-state index contributed by atoms with van der Waals surface area (Å²) < 4.78 is 82.5. The number of carbonyl (C=O) groups excluding carboxylic acids is 4. The Hall–Kier alpha value is -5.71. The van der Waals surface area contributed by atoms with Gasteiger partial charge in [0.2, 0.25) is 0 Å². The van der Waals surface area contributed by atoms with Gasteiger partial charge in [-0.05, 0) is 73.1 Å². The summed E-state index contributed by atoms with van der Waals surface area (Å²) >= 11 is 0. The number of benzene rings is 3. The maximum absolute atomic E-state index is 13.9. The van der Waals surface area contributed by atoms with Crippen LogP contribution in [0.5, 0.6) is 0 Å². The zero-order chi connectivity index (χ0) is 60.5. The van der Waals surface area contributed by atoms with E-state index in [1.807, 2.05) is 139 Å². The lowest BCUT2D eigenvalue weighted by Crippen LogP contribution is -2.64. The summed E-state index contributed by atoms with van der Waals surface area (Å²) in [5, 5.41) is 4.17. The molecule has 21 heteroatoms. The van der Waals surface area contributed by atoms with Crippen molar-refractivity contribution in [3.63, 3.8) is 0 Å². The fraction of sp³-hybridized carbons (Fsp3) is 0.651. The Kier molecular flexibility index (Phi) is 25.2. The number of carbonyl (C=O) groups is 4. The minimum absolute atomic E-state index is 0.166. The van der Waals surface area contributed by atoms with E-state index < -0.39 is 116 Å². The van der Waals surface area contributed by atoms with E-state index in [0.29, 0.717) is 32.5 Å². The molecule has 3 aromatic carbocycles. The molecular weight excluding hydrogens is 1080 g/mol. The molecular formula is C63H88N4O17. The van der Waals surface area contributed by atoms with Crippen LogP contribution in [0.1, 0.15) is 118 Å². The second kappa shape index (κ2) is 32.1. The number of hydrogen-bond acceptors (Lipinski definition) is 18. The quantitative estimate of drug-likeness (QED) is 0.0181. The molecule has 21 nitrogen and oxygen atoms in total. The van der Waals surface area contributed by atoms with E-state index >= 15 is 0 Å². The summed E-state index contributed by atoms with van der Waals surface area (Å²) in [6.07, 6.45) is -9.68. The lowest BCUT2D eigenvalue weighted by Gasteiger charge is -2.51. The van der Waals surface area contributed by atoms with Gasteiger partial charge in [0, 0.05) is 56.2 Å². The Morgan fingerprint density at radius 2 is 1.11 bits per heavy atom. The molecule has 4 saturated heterocycles. The maximum atomic E-state index is 13.9.